The third kappa shape index (κ3) is 5.44. The largest absolute Gasteiger partial charge is 0.486 e. The van der Waals surface area contributed by atoms with Gasteiger partial charge in [-0.3, -0.25) is 14.3 Å². The van der Waals surface area contributed by atoms with Gasteiger partial charge in [0.15, 0.2) is 11.5 Å². The standard InChI is InChI=1S/C24H29N3O6S/c1-16(2)24(29)27-10-8-18(9-11-27)25-23(28)17-4-3-5-19(14-17)26-34(30,31)20-6-7-21-22(15-20)33-13-12-32-21/h3-7,14-16,18,26H,8-13H2,1-2H3,(H,25,28). The van der Waals surface area contributed by atoms with E-state index >= 15 is 0 Å². The summed E-state index contributed by atoms with van der Waals surface area (Å²) in [4.78, 5) is 26.8. The minimum Gasteiger partial charge on any atom is -0.486 e. The van der Waals surface area contributed by atoms with E-state index in [1.54, 1.807) is 24.3 Å². The summed E-state index contributed by atoms with van der Waals surface area (Å²) >= 11 is 0. The smallest absolute Gasteiger partial charge is 0.262 e. The molecule has 4 rings (SSSR count). The fraction of sp³-hybridized carbons (Fsp3) is 0.417. The van der Waals surface area contributed by atoms with Gasteiger partial charge >= 0.3 is 0 Å². The van der Waals surface area contributed by atoms with Gasteiger partial charge in [0.1, 0.15) is 13.2 Å². The number of piperidine rings is 1. The maximum atomic E-state index is 12.9. The molecule has 0 unspecified atom stereocenters. The molecule has 2 N–H and O–H groups in total. The van der Waals surface area contributed by atoms with E-state index in [9.17, 15) is 18.0 Å². The summed E-state index contributed by atoms with van der Waals surface area (Å²) in [6.07, 6.45) is 1.36. The number of rotatable bonds is 6. The normalized spacial score (nSPS) is 16.3. The number of sulfonamides is 1. The number of likely N-dealkylation sites (tertiary alicyclic amines) is 1. The summed E-state index contributed by atoms with van der Waals surface area (Å²) in [5.74, 6) is 0.684. The average Bonchev–Trinajstić information content (AvgIpc) is 2.83. The lowest BCUT2D eigenvalue weighted by Gasteiger charge is -2.33. The van der Waals surface area contributed by atoms with Gasteiger partial charge in [0, 0.05) is 42.4 Å². The van der Waals surface area contributed by atoms with Crippen LogP contribution in [0.15, 0.2) is 47.4 Å². The molecule has 9 nitrogen and oxygen atoms in total. The van der Waals surface area contributed by atoms with Gasteiger partial charge < -0.3 is 19.7 Å². The molecule has 182 valence electrons. The van der Waals surface area contributed by atoms with Crippen molar-refractivity contribution < 1.29 is 27.5 Å². The molecule has 0 aliphatic carbocycles. The molecule has 0 saturated carbocycles. The Kier molecular flexibility index (Phi) is 6.97. The van der Waals surface area contributed by atoms with Crippen LogP contribution in [0, 0.1) is 5.92 Å². The molecule has 0 aromatic heterocycles. The molecule has 10 heteroatoms. The number of nitrogens with zero attached hydrogens (tertiary/aromatic N) is 1. The van der Waals surface area contributed by atoms with Crippen LogP contribution >= 0.6 is 0 Å². The van der Waals surface area contributed by atoms with Crippen LogP contribution < -0.4 is 19.5 Å². The minimum absolute atomic E-state index is 0.0364. The van der Waals surface area contributed by atoms with Crippen LogP contribution in [0.5, 0.6) is 11.5 Å². The fourth-order valence-corrected chi connectivity index (χ4v) is 5.07. The van der Waals surface area contributed by atoms with Crippen LogP contribution in [0.1, 0.15) is 37.0 Å². The number of hydrogen-bond acceptors (Lipinski definition) is 6. The number of ether oxygens (including phenoxy) is 2. The number of amides is 2. The van der Waals surface area contributed by atoms with Gasteiger partial charge in [0.25, 0.3) is 15.9 Å². The van der Waals surface area contributed by atoms with Crippen molar-refractivity contribution in [3.05, 3.63) is 48.0 Å². The number of carbonyl (C=O) groups is 2. The van der Waals surface area contributed by atoms with Crippen molar-refractivity contribution in [3.63, 3.8) is 0 Å². The Labute approximate surface area is 199 Å². The molecule has 2 aromatic rings. The maximum absolute atomic E-state index is 12.9. The monoisotopic (exact) mass is 487 g/mol. The zero-order valence-electron chi connectivity index (χ0n) is 19.2. The quantitative estimate of drug-likeness (QED) is 0.648. The third-order valence-electron chi connectivity index (χ3n) is 5.84. The highest BCUT2D eigenvalue weighted by molar-refractivity contribution is 7.92. The van der Waals surface area contributed by atoms with Crippen molar-refractivity contribution in [2.45, 2.75) is 37.6 Å². The van der Waals surface area contributed by atoms with Crippen molar-refractivity contribution in [1.82, 2.24) is 10.2 Å². The van der Waals surface area contributed by atoms with Crippen LogP contribution in [0.3, 0.4) is 0 Å². The third-order valence-corrected chi connectivity index (χ3v) is 7.22. The maximum Gasteiger partial charge on any atom is 0.262 e. The van der Waals surface area contributed by atoms with E-state index in [1.165, 1.54) is 18.2 Å². The highest BCUT2D eigenvalue weighted by Crippen LogP contribution is 2.32. The lowest BCUT2D eigenvalue weighted by atomic mass is 10.0. The van der Waals surface area contributed by atoms with Crippen molar-refractivity contribution in [2.24, 2.45) is 5.92 Å². The van der Waals surface area contributed by atoms with E-state index in [0.717, 1.165) is 0 Å². The lowest BCUT2D eigenvalue weighted by molar-refractivity contribution is -0.135. The zero-order chi connectivity index (χ0) is 24.3. The fourth-order valence-electron chi connectivity index (χ4n) is 4.01. The Morgan fingerprint density at radius 1 is 1.00 bits per heavy atom. The Balaban J connectivity index is 1.39. The molecule has 2 amide bonds. The van der Waals surface area contributed by atoms with Crippen LogP contribution in [-0.4, -0.2) is 57.5 Å². The molecule has 34 heavy (non-hydrogen) atoms. The van der Waals surface area contributed by atoms with E-state index in [-0.39, 0.29) is 34.4 Å². The minimum atomic E-state index is -3.89. The van der Waals surface area contributed by atoms with Gasteiger partial charge in [-0.05, 0) is 43.2 Å². The van der Waals surface area contributed by atoms with E-state index in [0.29, 0.717) is 56.2 Å². The summed E-state index contributed by atoms with van der Waals surface area (Å²) in [5.41, 5.74) is 0.628. The second kappa shape index (κ2) is 9.92. The zero-order valence-corrected chi connectivity index (χ0v) is 20.1. The Morgan fingerprint density at radius 2 is 1.71 bits per heavy atom. The summed E-state index contributed by atoms with van der Waals surface area (Å²) in [6.45, 7) is 5.75. The van der Waals surface area contributed by atoms with Crippen LogP contribution in [0.4, 0.5) is 5.69 Å². The highest BCUT2D eigenvalue weighted by atomic mass is 32.2. The van der Waals surface area contributed by atoms with E-state index in [4.69, 9.17) is 9.47 Å². The molecule has 0 atom stereocenters. The predicted octanol–water partition coefficient (Wildman–Crippen LogP) is 2.64. The first-order chi connectivity index (χ1) is 16.2. The van der Waals surface area contributed by atoms with Gasteiger partial charge in [-0.1, -0.05) is 19.9 Å². The molecule has 2 aromatic carbocycles. The topological polar surface area (TPSA) is 114 Å². The van der Waals surface area contributed by atoms with E-state index in [2.05, 4.69) is 10.0 Å². The summed E-state index contributed by atoms with van der Waals surface area (Å²) in [7, 11) is -3.89. The predicted molar refractivity (Wildman–Crippen MR) is 127 cm³/mol. The average molecular weight is 488 g/mol. The SMILES string of the molecule is CC(C)C(=O)N1CCC(NC(=O)c2cccc(NS(=O)(=O)c3ccc4c(c3)OCCO4)c2)CC1. The van der Waals surface area contributed by atoms with Crippen molar-refractivity contribution in [1.29, 1.82) is 0 Å². The molecule has 0 spiro atoms. The molecule has 1 fully saturated rings. The summed E-state index contributed by atoms with van der Waals surface area (Å²) in [5, 5.41) is 3.00. The molecule has 2 aliphatic rings. The Hall–Kier alpha value is -3.27. The van der Waals surface area contributed by atoms with Crippen molar-refractivity contribution in [3.8, 4) is 11.5 Å². The van der Waals surface area contributed by atoms with Gasteiger partial charge in [-0.15, -0.1) is 0 Å². The number of fused-ring (bicyclic) bond motifs is 1. The lowest BCUT2D eigenvalue weighted by Crippen LogP contribution is -2.47. The Bertz CT molecular complexity index is 1170. The number of nitrogens with one attached hydrogen (secondary N) is 2. The molecule has 2 heterocycles. The molecular formula is C24H29N3O6S. The van der Waals surface area contributed by atoms with Crippen LogP contribution in [0.25, 0.3) is 0 Å². The van der Waals surface area contributed by atoms with Crippen molar-refractivity contribution in [2.75, 3.05) is 31.0 Å². The highest BCUT2D eigenvalue weighted by Gasteiger charge is 2.26. The first kappa shape index (κ1) is 23.9. The van der Waals surface area contributed by atoms with Gasteiger partial charge in [0.05, 0.1) is 4.90 Å². The first-order valence-electron chi connectivity index (χ1n) is 11.3. The van der Waals surface area contributed by atoms with Crippen LogP contribution in [-0.2, 0) is 14.8 Å². The molecule has 1 saturated heterocycles. The van der Waals surface area contributed by atoms with E-state index in [1.807, 2.05) is 18.7 Å². The molecule has 2 aliphatic heterocycles. The number of carbonyl (C=O) groups excluding carboxylic acids is 2. The number of benzene rings is 2. The summed E-state index contributed by atoms with van der Waals surface area (Å²) in [6, 6.07) is 10.7. The molecular weight excluding hydrogens is 458 g/mol. The van der Waals surface area contributed by atoms with Crippen LogP contribution in [0.2, 0.25) is 0 Å². The number of hydrogen-bond donors (Lipinski definition) is 2. The second-order valence-electron chi connectivity index (χ2n) is 8.72. The molecule has 0 radical (unpaired) electrons. The van der Waals surface area contributed by atoms with Gasteiger partial charge in [0.2, 0.25) is 5.91 Å². The first-order valence-corrected chi connectivity index (χ1v) is 12.8. The second-order valence-corrected chi connectivity index (χ2v) is 10.4. The van der Waals surface area contributed by atoms with Gasteiger partial charge in [-0.25, -0.2) is 8.42 Å². The molecule has 0 bridgehead atoms. The number of anilines is 1. The Morgan fingerprint density at radius 3 is 2.41 bits per heavy atom. The summed E-state index contributed by atoms with van der Waals surface area (Å²) < 4.78 is 39.2. The van der Waals surface area contributed by atoms with Gasteiger partial charge in [-0.2, -0.15) is 0 Å². The van der Waals surface area contributed by atoms with E-state index < -0.39 is 10.0 Å². The van der Waals surface area contributed by atoms with Crippen molar-refractivity contribution >= 4 is 27.5 Å².